The van der Waals surface area contributed by atoms with Crippen LogP contribution in [0.25, 0.3) is 42.7 Å². The van der Waals surface area contributed by atoms with E-state index in [-0.39, 0.29) is 20.1 Å². The molecule has 0 aliphatic heterocycles. The molecule has 0 fully saturated rings. The maximum Gasteiger partial charge on any atom is 0.0798 e. The molecule has 1 radical (unpaired) electrons. The van der Waals surface area contributed by atoms with Crippen LogP contribution >= 0.6 is 11.3 Å². The van der Waals surface area contributed by atoms with Gasteiger partial charge in [0.05, 0.1) is 8.07 Å². The molecule has 0 atom stereocenters. The van der Waals surface area contributed by atoms with Gasteiger partial charge in [0.25, 0.3) is 0 Å². The van der Waals surface area contributed by atoms with Gasteiger partial charge in [-0.1, -0.05) is 73.4 Å². The SMILES string of the molecule is Cc1cc(-c2[c-]cccc2)ncc1[Si](C)(C)C.[2H]C([2H])(C)c1ccnc(-c2[c-]ccc3c2sc2ccccc23)c1.[Ir]. The second-order valence-electron chi connectivity index (χ2n) is 10.3. The van der Waals surface area contributed by atoms with E-state index < -0.39 is 14.4 Å². The Morgan fingerprint density at radius 2 is 1.67 bits per heavy atom. The summed E-state index contributed by atoms with van der Waals surface area (Å²) in [6, 6.07) is 32.6. The molecule has 0 bridgehead atoms. The third kappa shape index (κ3) is 6.45. The van der Waals surface area contributed by atoms with Gasteiger partial charge in [0.1, 0.15) is 0 Å². The maximum atomic E-state index is 7.91. The van der Waals surface area contributed by atoms with Gasteiger partial charge < -0.3 is 9.97 Å². The van der Waals surface area contributed by atoms with Crippen molar-refractivity contribution in [2.45, 2.75) is 39.9 Å². The van der Waals surface area contributed by atoms with Crippen LogP contribution in [0, 0.1) is 19.1 Å². The van der Waals surface area contributed by atoms with Crippen molar-refractivity contribution in [2.75, 3.05) is 0 Å². The first-order valence-corrected chi connectivity index (χ1v) is 17.1. The van der Waals surface area contributed by atoms with Crippen molar-refractivity contribution in [3.63, 3.8) is 0 Å². The quantitative estimate of drug-likeness (QED) is 0.134. The zero-order valence-electron chi connectivity index (χ0n) is 24.8. The average Bonchev–Trinajstić information content (AvgIpc) is 3.32. The predicted octanol–water partition coefficient (Wildman–Crippen LogP) is 8.88. The van der Waals surface area contributed by atoms with Crippen molar-refractivity contribution in [1.29, 1.82) is 0 Å². The normalized spacial score (nSPS) is 12.2. The number of aromatic nitrogens is 2. The summed E-state index contributed by atoms with van der Waals surface area (Å²) in [6.07, 6.45) is 2.34. The molecule has 2 nitrogen and oxygen atoms in total. The molecule has 199 valence electrons. The topological polar surface area (TPSA) is 25.8 Å². The first kappa shape index (κ1) is 26.3. The largest absolute Gasteiger partial charge is 0.305 e. The number of hydrogen-bond acceptors (Lipinski definition) is 3. The Balaban J connectivity index is 0.000000193. The molecule has 3 heterocycles. The van der Waals surface area contributed by atoms with E-state index in [1.165, 1.54) is 26.2 Å². The van der Waals surface area contributed by atoms with Crippen molar-refractivity contribution < 1.29 is 22.8 Å². The summed E-state index contributed by atoms with van der Waals surface area (Å²) < 4.78 is 18.2. The Morgan fingerprint density at radius 3 is 2.38 bits per heavy atom. The summed E-state index contributed by atoms with van der Waals surface area (Å²) in [5, 5.41) is 3.88. The fourth-order valence-corrected chi connectivity index (χ4v) is 7.56. The molecular weight excluding hydrogens is 689 g/mol. The summed E-state index contributed by atoms with van der Waals surface area (Å²) in [6.45, 7) is 10.8. The first-order chi connectivity index (χ1) is 19.0. The third-order valence-electron chi connectivity index (χ3n) is 6.55. The summed E-state index contributed by atoms with van der Waals surface area (Å²) in [4.78, 5) is 9.03. The van der Waals surface area contributed by atoms with Crippen molar-refractivity contribution in [1.82, 2.24) is 9.97 Å². The number of aryl methyl sites for hydroxylation is 2. The van der Waals surface area contributed by atoms with Gasteiger partial charge >= 0.3 is 0 Å². The number of pyridine rings is 2. The van der Waals surface area contributed by atoms with E-state index in [0.29, 0.717) is 5.56 Å². The molecule has 0 unspecified atom stereocenters. The number of hydrogen-bond donors (Lipinski definition) is 0. The minimum atomic E-state index is -1.38. The third-order valence-corrected chi connectivity index (χ3v) is 9.89. The number of rotatable bonds is 4. The molecule has 6 aromatic rings. The number of fused-ring (bicyclic) bond motifs is 3. The number of benzene rings is 3. The molecule has 5 heteroatoms. The van der Waals surface area contributed by atoms with Crippen molar-refractivity contribution in [2.24, 2.45) is 0 Å². The van der Waals surface area contributed by atoms with Gasteiger partial charge in [-0.2, -0.15) is 11.3 Å². The van der Waals surface area contributed by atoms with Gasteiger partial charge in [0.15, 0.2) is 0 Å². The van der Waals surface area contributed by atoms with Crippen molar-refractivity contribution in [3.05, 3.63) is 115 Å². The molecule has 0 spiro atoms. The Morgan fingerprint density at radius 1 is 0.872 bits per heavy atom. The van der Waals surface area contributed by atoms with Crippen LogP contribution < -0.4 is 5.19 Å². The second-order valence-corrected chi connectivity index (χ2v) is 16.4. The molecule has 0 amide bonds. The Bertz CT molecular complexity index is 1790. The number of thiophene rings is 1. The van der Waals surface area contributed by atoms with Crippen LogP contribution in [0.15, 0.2) is 91.3 Å². The van der Waals surface area contributed by atoms with Crippen LogP contribution in [0.5, 0.6) is 0 Å². The summed E-state index contributed by atoms with van der Waals surface area (Å²) in [7, 11) is -1.27. The zero-order valence-corrected chi connectivity index (χ0v) is 27.0. The molecule has 0 aliphatic carbocycles. The van der Waals surface area contributed by atoms with E-state index in [0.717, 1.165) is 27.2 Å². The van der Waals surface area contributed by atoms with E-state index in [1.807, 2.05) is 36.4 Å². The van der Waals surface area contributed by atoms with Crippen molar-refractivity contribution in [3.8, 4) is 22.5 Å². The van der Waals surface area contributed by atoms with Crippen LogP contribution in [-0.4, -0.2) is 18.0 Å². The Kier molecular flexibility index (Phi) is 8.41. The van der Waals surface area contributed by atoms with E-state index in [1.54, 1.807) is 30.5 Å². The molecule has 39 heavy (non-hydrogen) atoms. The Hall–Kier alpha value is -2.95. The van der Waals surface area contributed by atoms with Gasteiger partial charge in [0, 0.05) is 39.9 Å². The summed E-state index contributed by atoms with van der Waals surface area (Å²) >= 11 is 1.73. The van der Waals surface area contributed by atoms with Gasteiger partial charge in [0.2, 0.25) is 0 Å². The van der Waals surface area contributed by atoms with E-state index in [4.69, 9.17) is 2.74 Å². The Labute approximate surface area is 253 Å². The fourth-order valence-electron chi connectivity index (χ4n) is 4.64. The molecule has 0 aliphatic rings. The van der Waals surface area contributed by atoms with E-state index in [9.17, 15) is 0 Å². The van der Waals surface area contributed by atoms with Crippen LogP contribution in [0.4, 0.5) is 0 Å². The van der Waals surface area contributed by atoms with Crippen LogP contribution in [-0.2, 0) is 26.5 Å². The van der Waals surface area contributed by atoms with E-state index >= 15 is 0 Å². The van der Waals surface area contributed by atoms with E-state index in [2.05, 4.69) is 91.3 Å². The van der Waals surface area contributed by atoms with Gasteiger partial charge in [-0.3, -0.25) is 0 Å². The fraction of sp³-hybridized carbons (Fsp3) is 0.176. The molecular formula is C34H32IrN2SSi-2. The number of nitrogens with zero attached hydrogens (tertiary/aromatic N) is 2. The molecule has 0 saturated carbocycles. The smallest absolute Gasteiger partial charge is 0.0798 e. The minimum Gasteiger partial charge on any atom is -0.305 e. The molecule has 3 aromatic carbocycles. The predicted molar refractivity (Wildman–Crippen MR) is 167 cm³/mol. The summed E-state index contributed by atoms with van der Waals surface area (Å²) in [5.74, 6) is 0. The maximum absolute atomic E-state index is 7.91. The van der Waals surface area contributed by atoms with Gasteiger partial charge in [-0.15, -0.1) is 59.7 Å². The molecule has 6 rings (SSSR count). The first-order valence-electron chi connectivity index (χ1n) is 13.8. The monoisotopic (exact) mass is 723 g/mol. The standard InChI is InChI=1S/C19H14NS.C15H18NSi.Ir/c1-2-13-10-11-20-17(12-13)16-8-5-7-15-14-6-3-4-9-18(14)21-19(15)16;1-12-10-14(13-8-6-5-7-9-13)16-11-15(12)17(2,3)4;/h3-7,9-12H,2H2,1H3;5-8,10-11H,1-4H3;/q2*-1;/i2D2;;. The second kappa shape index (κ2) is 12.5. The van der Waals surface area contributed by atoms with Crippen molar-refractivity contribution >= 4 is 44.8 Å². The van der Waals surface area contributed by atoms with Crippen LogP contribution in [0.1, 0.15) is 20.8 Å². The minimum absolute atomic E-state index is 0. The molecule has 0 saturated heterocycles. The molecule has 3 aromatic heterocycles. The molecule has 0 N–H and O–H groups in total. The summed E-state index contributed by atoms with van der Waals surface area (Å²) in [5.41, 5.74) is 5.78. The van der Waals surface area contributed by atoms with Gasteiger partial charge in [-0.05, 0) is 52.1 Å². The van der Waals surface area contributed by atoms with Crippen LogP contribution in [0.3, 0.4) is 0 Å². The average molecular weight is 723 g/mol. The zero-order chi connectivity index (χ0) is 28.5. The van der Waals surface area contributed by atoms with Crippen LogP contribution in [0.2, 0.25) is 19.6 Å². The van der Waals surface area contributed by atoms with Gasteiger partial charge in [-0.25, -0.2) is 0 Å².